The summed E-state index contributed by atoms with van der Waals surface area (Å²) in [5.41, 5.74) is 5.53. The van der Waals surface area contributed by atoms with Crippen LogP contribution in [0.15, 0.2) is 72.8 Å². The predicted octanol–water partition coefficient (Wildman–Crippen LogP) is 4.40. The fourth-order valence-corrected chi connectivity index (χ4v) is 3.13. The summed E-state index contributed by atoms with van der Waals surface area (Å²) in [5, 5.41) is 0. The number of benzene rings is 2. The van der Waals surface area contributed by atoms with Gasteiger partial charge in [-0.05, 0) is 22.3 Å². The van der Waals surface area contributed by atoms with Crippen molar-refractivity contribution in [1.82, 2.24) is 0 Å². The van der Waals surface area contributed by atoms with E-state index in [0.29, 0.717) is 11.8 Å². The molecule has 2 unspecified atom stereocenters. The van der Waals surface area contributed by atoms with Gasteiger partial charge in [0.1, 0.15) is 0 Å². The summed E-state index contributed by atoms with van der Waals surface area (Å²) >= 11 is 0. The molecule has 0 saturated carbocycles. The van der Waals surface area contributed by atoms with Crippen molar-refractivity contribution in [3.8, 4) is 0 Å². The van der Waals surface area contributed by atoms with E-state index >= 15 is 0 Å². The molecule has 0 saturated heterocycles. The smallest absolute Gasteiger partial charge is 0.0208 e. The van der Waals surface area contributed by atoms with Crippen molar-refractivity contribution >= 4 is 49.9 Å². The zero-order valence-corrected chi connectivity index (χ0v) is 13.2. The molecule has 0 heterocycles. The van der Waals surface area contributed by atoms with Crippen molar-refractivity contribution in [3.63, 3.8) is 0 Å². The molecular weight excluding hydrogens is 254 g/mol. The van der Waals surface area contributed by atoms with Crippen molar-refractivity contribution in [2.45, 2.75) is 11.8 Å². The van der Waals surface area contributed by atoms with E-state index in [-0.39, 0.29) is 37.7 Å². The van der Waals surface area contributed by atoms with Gasteiger partial charge in [-0.15, -0.1) is 0 Å². The van der Waals surface area contributed by atoms with Gasteiger partial charge in [0.25, 0.3) is 0 Å². The number of hydrogen-bond donors (Lipinski definition) is 0. The van der Waals surface area contributed by atoms with Crippen LogP contribution in [0, 0.1) is 0 Å². The molecule has 0 N–H and O–H groups in total. The summed E-state index contributed by atoms with van der Waals surface area (Å²) in [6.45, 7) is 0. The van der Waals surface area contributed by atoms with Crippen molar-refractivity contribution in [3.05, 3.63) is 95.1 Å². The van der Waals surface area contributed by atoms with Crippen LogP contribution in [-0.4, -0.2) is 37.7 Å². The van der Waals surface area contributed by atoms with Crippen LogP contribution in [0.25, 0.3) is 12.2 Å². The van der Waals surface area contributed by atoms with Gasteiger partial charge in [0.15, 0.2) is 0 Å². The first-order chi connectivity index (χ1) is 9.92. The number of rotatable bonds is 2. The Morgan fingerprint density at radius 1 is 0.591 bits per heavy atom. The van der Waals surface area contributed by atoms with Crippen molar-refractivity contribution < 1.29 is 0 Å². The largest absolute Gasteiger partial charge is 0.0763 e. The molecule has 2 aliphatic rings. The average molecular weight is 270 g/mol. The second kappa shape index (κ2) is 7.41. The molecule has 0 bridgehead atoms. The molecule has 2 radical (unpaired) electrons. The zero-order valence-electron chi connectivity index (χ0n) is 13.2. The third kappa shape index (κ3) is 3.13. The van der Waals surface area contributed by atoms with Crippen molar-refractivity contribution in [1.29, 1.82) is 0 Å². The summed E-state index contributed by atoms with van der Waals surface area (Å²) in [6, 6.07) is 17.3. The number of fused-ring (bicyclic) bond motifs is 2. The molecule has 2 aromatic rings. The molecule has 0 nitrogen and oxygen atoms in total. The Bertz CT molecular complexity index is 677. The quantitative estimate of drug-likeness (QED) is 0.560. The molecular formula is C20H16Li2. The van der Waals surface area contributed by atoms with Gasteiger partial charge in [-0.1, -0.05) is 85.0 Å². The number of allylic oxidation sites excluding steroid dienone is 4. The third-order valence-electron chi connectivity index (χ3n) is 4.20. The predicted molar refractivity (Wildman–Crippen MR) is 97.1 cm³/mol. The first-order valence-corrected chi connectivity index (χ1v) is 7.14. The topological polar surface area (TPSA) is 0 Å². The summed E-state index contributed by atoms with van der Waals surface area (Å²) < 4.78 is 0. The first kappa shape index (κ1) is 17.2. The van der Waals surface area contributed by atoms with E-state index in [9.17, 15) is 0 Å². The van der Waals surface area contributed by atoms with Crippen LogP contribution in [0.1, 0.15) is 34.1 Å². The van der Waals surface area contributed by atoms with E-state index in [4.69, 9.17) is 0 Å². The molecule has 2 heteroatoms. The minimum atomic E-state index is 0. The van der Waals surface area contributed by atoms with Gasteiger partial charge in [0.05, 0.1) is 0 Å². The Labute approximate surface area is 156 Å². The summed E-state index contributed by atoms with van der Waals surface area (Å²) in [6.07, 6.45) is 13.7. The summed E-state index contributed by atoms with van der Waals surface area (Å²) in [5.74, 6) is 0.847. The maximum Gasteiger partial charge on any atom is 0.0208 e. The van der Waals surface area contributed by atoms with E-state index < -0.39 is 0 Å². The van der Waals surface area contributed by atoms with Crippen LogP contribution in [0.5, 0.6) is 0 Å². The minimum Gasteiger partial charge on any atom is -0.0763 e. The molecule has 4 rings (SSSR count). The summed E-state index contributed by atoms with van der Waals surface area (Å²) in [7, 11) is 0. The normalized spacial score (nSPS) is 20.4. The average Bonchev–Trinajstić information content (AvgIpc) is 3.09. The SMILES string of the molecule is C1=CC(C=CC2C=Cc3ccccc32)c2ccccc21.[Li].[Li]. The van der Waals surface area contributed by atoms with E-state index in [1.54, 1.807) is 0 Å². The molecule has 0 aliphatic heterocycles. The Hall–Kier alpha value is -1.15. The molecule has 22 heavy (non-hydrogen) atoms. The number of hydrogen-bond acceptors (Lipinski definition) is 0. The Morgan fingerprint density at radius 2 is 1.00 bits per heavy atom. The van der Waals surface area contributed by atoms with Crippen molar-refractivity contribution in [2.75, 3.05) is 0 Å². The van der Waals surface area contributed by atoms with Crippen LogP contribution in [0.2, 0.25) is 0 Å². The van der Waals surface area contributed by atoms with Gasteiger partial charge in [0.2, 0.25) is 0 Å². The van der Waals surface area contributed by atoms with E-state index in [1.165, 1.54) is 22.3 Å². The molecule has 0 aromatic heterocycles. The van der Waals surface area contributed by atoms with Gasteiger partial charge in [-0.3, -0.25) is 0 Å². The van der Waals surface area contributed by atoms with Gasteiger partial charge >= 0.3 is 0 Å². The fourth-order valence-electron chi connectivity index (χ4n) is 3.13. The van der Waals surface area contributed by atoms with Crippen LogP contribution in [0.3, 0.4) is 0 Å². The van der Waals surface area contributed by atoms with Gasteiger partial charge in [0, 0.05) is 49.6 Å². The molecule has 2 aliphatic carbocycles. The Kier molecular flexibility index (Phi) is 5.80. The van der Waals surface area contributed by atoms with Gasteiger partial charge < -0.3 is 0 Å². The van der Waals surface area contributed by atoms with Crippen LogP contribution < -0.4 is 0 Å². The second-order valence-electron chi connectivity index (χ2n) is 5.41. The van der Waals surface area contributed by atoms with Crippen molar-refractivity contribution in [2.24, 2.45) is 0 Å². The maximum atomic E-state index is 2.33. The first-order valence-electron chi connectivity index (χ1n) is 7.14. The summed E-state index contributed by atoms with van der Waals surface area (Å²) in [4.78, 5) is 0. The van der Waals surface area contributed by atoms with Crippen LogP contribution >= 0.6 is 0 Å². The molecule has 0 amide bonds. The monoisotopic (exact) mass is 270 g/mol. The zero-order chi connectivity index (χ0) is 13.4. The molecule has 0 fully saturated rings. The van der Waals surface area contributed by atoms with Gasteiger partial charge in [-0.25, -0.2) is 0 Å². The van der Waals surface area contributed by atoms with E-state index in [1.807, 2.05) is 0 Å². The molecule has 2 atom stereocenters. The minimum absolute atomic E-state index is 0. The van der Waals surface area contributed by atoms with E-state index in [2.05, 4.69) is 85.0 Å². The molecule has 2 aromatic carbocycles. The second-order valence-corrected chi connectivity index (χ2v) is 5.41. The Balaban J connectivity index is 0.000000882. The van der Waals surface area contributed by atoms with Gasteiger partial charge in [-0.2, -0.15) is 0 Å². The molecule has 0 spiro atoms. The van der Waals surface area contributed by atoms with E-state index in [0.717, 1.165) is 0 Å². The standard InChI is InChI=1S/C20H16.2Li/c1-3-7-19-15(5-1)9-11-17(19)13-14-18-12-10-16-6-2-4-8-20(16)18;;/h1-14,17-18H;;. The maximum absolute atomic E-state index is 2.33. The van der Waals surface area contributed by atoms with Crippen LogP contribution in [-0.2, 0) is 0 Å². The Morgan fingerprint density at radius 3 is 1.45 bits per heavy atom. The molecule has 98 valence electrons. The fraction of sp³-hybridized carbons (Fsp3) is 0.100. The van der Waals surface area contributed by atoms with Crippen LogP contribution in [0.4, 0.5) is 0 Å². The third-order valence-corrected chi connectivity index (χ3v) is 4.20.